The quantitative estimate of drug-likeness (QED) is 0.575. The van der Waals surface area contributed by atoms with Crippen LogP contribution in [0.25, 0.3) is 0 Å². The molecule has 0 aliphatic carbocycles. The van der Waals surface area contributed by atoms with Gasteiger partial charge in [-0.2, -0.15) is 0 Å². The Labute approximate surface area is 137 Å². The Balaban J connectivity index is 0.00000144. The van der Waals surface area contributed by atoms with E-state index < -0.39 is 10.1 Å². The molecule has 0 heterocycles. The first-order valence-electron chi connectivity index (χ1n) is 3.44. The predicted octanol–water partition coefficient (Wildman–Crippen LogP) is -1.79. The Morgan fingerprint density at radius 1 is 1.15 bits per heavy atom. The van der Waals surface area contributed by atoms with Gasteiger partial charge in [-0.25, -0.2) is 8.42 Å². The Kier molecular flexibility index (Phi) is 5.80. The average molecular weight is 318 g/mol. The Hall–Kier alpha value is 1.18. The summed E-state index contributed by atoms with van der Waals surface area (Å²) in [6.07, 6.45) is 0. The Morgan fingerprint density at radius 3 is 2.08 bits per heavy atom. The number of rotatable bonds is 1. The fourth-order valence-corrected chi connectivity index (χ4v) is 1.43. The first-order chi connectivity index (χ1) is 5.41. The fourth-order valence-electron chi connectivity index (χ4n) is 0.869. The van der Waals surface area contributed by atoms with E-state index in [1.807, 2.05) is 6.92 Å². The number of aryl methyl sites for hydroxylation is 2. The van der Waals surface area contributed by atoms with Crippen LogP contribution in [0.1, 0.15) is 11.1 Å². The molecule has 0 bridgehead atoms. The zero-order valence-corrected chi connectivity index (χ0v) is 15.0. The molecule has 5 heteroatoms. The molecule has 1 aromatic carbocycles. The molecule has 0 aromatic heterocycles. The van der Waals surface area contributed by atoms with Crippen molar-refractivity contribution in [1.29, 1.82) is 0 Å². The minimum atomic E-state index is -4.29. The van der Waals surface area contributed by atoms with E-state index >= 15 is 0 Å². The van der Waals surface area contributed by atoms with Crippen LogP contribution in [0.4, 0.5) is 0 Å². The van der Waals surface area contributed by atoms with Crippen LogP contribution in [-0.2, 0) is 10.1 Å². The van der Waals surface area contributed by atoms with E-state index in [9.17, 15) is 13.0 Å². The molecule has 0 unspecified atom stereocenters. The molecular formula is C8H9CsO3S. The maximum absolute atomic E-state index is 10.5. The van der Waals surface area contributed by atoms with Gasteiger partial charge in [0.25, 0.3) is 0 Å². The van der Waals surface area contributed by atoms with Gasteiger partial charge in [0, 0.05) is 0 Å². The minimum absolute atomic E-state index is 0. The smallest absolute Gasteiger partial charge is 0.744 e. The van der Waals surface area contributed by atoms with E-state index in [0.29, 0.717) is 0 Å². The molecule has 1 aromatic rings. The minimum Gasteiger partial charge on any atom is -0.744 e. The summed E-state index contributed by atoms with van der Waals surface area (Å²) in [6, 6.07) is 4.34. The second-order valence-electron chi connectivity index (χ2n) is 2.70. The monoisotopic (exact) mass is 318 g/mol. The van der Waals surface area contributed by atoms with Crippen LogP contribution in [0.15, 0.2) is 23.1 Å². The molecule has 0 spiro atoms. The van der Waals surface area contributed by atoms with Crippen molar-refractivity contribution < 1.29 is 81.9 Å². The van der Waals surface area contributed by atoms with Crippen molar-refractivity contribution in [3.05, 3.63) is 29.3 Å². The van der Waals surface area contributed by atoms with E-state index in [-0.39, 0.29) is 73.8 Å². The van der Waals surface area contributed by atoms with Crippen molar-refractivity contribution in [3.8, 4) is 0 Å². The topological polar surface area (TPSA) is 57.2 Å². The van der Waals surface area contributed by atoms with Crippen LogP contribution in [0.5, 0.6) is 0 Å². The van der Waals surface area contributed by atoms with Crippen LogP contribution in [0, 0.1) is 13.8 Å². The van der Waals surface area contributed by atoms with Gasteiger partial charge in [0.05, 0.1) is 4.90 Å². The largest absolute Gasteiger partial charge is 1.00 e. The summed E-state index contributed by atoms with van der Waals surface area (Å²) >= 11 is 0. The normalized spacial score (nSPS) is 10.7. The molecule has 0 amide bonds. The van der Waals surface area contributed by atoms with E-state index in [4.69, 9.17) is 0 Å². The van der Waals surface area contributed by atoms with E-state index in [1.54, 1.807) is 13.0 Å². The maximum atomic E-state index is 10.5. The van der Waals surface area contributed by atoms with E-state index in [1.165, 1.54) is 12.1 Å². The fraction of sp³-hybridized carbons (Fsp3) is 0.250. The van der Waals surface area contributed by atoms with Crippen LogP contribution in [0.3, 0.4) is 0 Å². The van der Waals surface area contributed by atoms with Crippen LogP contribution >= 0.6 is 0 Å². The summed E-state index contributed by atoms with van der Waals surface area (Å²) < 4.78 is 31.6. The molecule has 0 saturated carbocycles. The van der Waals surface area contributed by atoms with Gasteiger partial charge in [0.2, 0.25) is 0 Å². The summed E-state index contributed by atoms with van der Waals surface area (Å²) in [5.41, 5.74) is 1.79. The number of hydrogen-bond donors (Lipinski definition) is 0. The van der Waals surface area contributed by atoms with Crippen molar-refractivity contribution in [2.75, 3.05) is 0 Å². The number of hydrogen-bond acceptors (Lipinski definition) is 3. The molecule has 0 saturated heterocycles. The summed E-state index contributed by atoms with van der Waals surface area (Å²) in [7, 11) is -4.29. The van der Waals surface area contributed by atoms with E-state index in [0.717, 1.165) is 11.1 Å². The molecule has 0 fully saturated rings. The van der Waals surface area contributed by atoms with Crippen molar-refractivity contribution >= 4 is 10.1 Å². The molecule has 66 valence electrons. The predicted molar refractivity (Wildman–Crippen MR) is 43.9 cm³/mol. The van der Waals surface area contributed by atoms with Gasteiger partial charge in [-0.05, 0) is 37.1 Å². The molecule has 0 aliphatic rings. The van der Waals surface area contributed by atoms with Crippen molar-refractivity contribution in [1.82, 2.24) is 0 Å². The van der Waals surface area contributed by atoms with Crippen molar-refractivity contribution in [2.45, 2.75) is 18.7 Å². The molecule has 0 radical (unpaired) electrons. The second-order valence-corrected chi connectivity index (χ2v) is 4.08. The SMILES string of the molecule is Cc1ccc(S(=O)(=O)[O-])cc1C.[Cs+]. The number of benzene rings is 1. The van der Waals surface area contributed by atoms with Gasteiger partial charge >= 0.3 is 68.9 Å². The van der Waals surface area contributed by atoms with Gasteiger partial charge in [0.15, 0.2) is 0 Å². The molecule has 0 N–H and O–H groups in total. The average Bonchev–Trinajstić information content (AvgIpc) is 1.92. The van der Waals surface area contributed by atoms with Crippen LogP contribution in [0.2, 0.25) is 0 Å². The zero-order valence-electron chi connectivity index (χ0n) is 7.87. The molecule has 0 atom stereocenters. The van der Waals surface area contributed by atoms with Gasteiger partial charge in [0.1, 0.15) is 10.1 Å². The first kappa shape index (κ1) is 14.2. The second kappa shape index (κ2) is 5.32. The third-order valence-electron chi connectivity index (χ3n) is 1.77. The first-order valence-corrected chi connectivity index (χ1v) is 4.85. The van der Waals surface area contributed by atoms with Gasteiger partial charge < -0.3 is 4.55 Å². The van der Waals surface area contributed by atoms with Gasteiger partial charge in [-0.3, -0.25) is 0 Å². The third-order valence-corrected chi connectivity index (χ3v) is 2.60. The van der Waals surface area contributed by atoms with Gasteiger partial charge in [-0.15, -0.1) is 0 Å². The molecule has 0 aliphatic heterocycles. The Morgan fingerprint density at radius 2 is 1.69 bits per heavy atom. The Bertz CT molecular complexity index is 398. The molecule has 1 rings (SSSR count). The molecule has 13 heavy (non-hydrogen) atoms. The zero-order chi connectivity index (χ0) is 9.35. The molecule has 3 nitrogen and oxygen atoms in total. The van der Waals surface area contributed by atoms with Crippen molar-refractivity contribution in [3.63, 3.8) is 0 Å². The summed E-state index contributed by atoms with van der Waals surface area (Å²) in [5, 5.41) is 0. The van der Waals surface area contributed by atoms with E-state index in [2.05, 4.69) is 0 Å². The summed E-state index contributed by atoms with van der Waals surface area (Å²) in [4.78, 5) is -0.161. The van der Waals surface area contributed by atoms with Crippen LogP contribution in [-0.4, -0.2) is 13.0 Å². The van der Waals surface area contributed by atoms with Crippen LogP contribution < -0.4 is 68.9 Å². The summed E-state index contributed by atoms with van der Waals surface area (Å²) in [6.45, 7) is 3.63. The molecular weight excluding hydrogens is 309 g/mol. The maximum Gasteiger partial charge on any atom is 1.00 e. The van der Waals surface area contributed by atoms with Crippen molar-refractivity contribution in [2.24, 2.45) is 0 Å². The standard InChI is InChI=1S/C8H10O3S.Cs/c1-6-3-4-8(5-7(6)2)12(9,10)11;/h3-5H,1-2H3,(H,9,10,11);/q;+1/p-1. The third kappa shape index (κ3) is 4.05. The summed E-state index contributed by atoms with van der Waals surface area (Å²) in [5.74, 6) is 0. The van der Waals surface area contributed by atoms with Gasteiger partial charge in [-0.1, -0.05) is 6.07 Å².